The minimum atomic E-state index is -4.63. The summed E-state index contributed by atoms with van der Waals surface area (Å²) >= 11 is 6.14. The van der Waals surface area contributed by atoms with Crippen LogP contribution in [0.2, 0.25) is 5.02 Å². The van der Waals surface area contributed by atoms with Crippen molar-refractivity contribution in [1.29, 1.82) is 0 Å². The molecule has 0 radical (unpaired) electrons. The number of para-hydroxylation sites is 1. The van der Waals surface area contributed by atoms with E-state index in [2.05, 4.69) is 33.3 Å². The Balaban J connectivity index is 1.11. The van der Waals surface area contributed by atoms with E-state index in [1.807, 2.05) is 54.6 Å². The summed E-state index contributed by atoms with van der Waals surface area (Å²) in [4.78, 5) is 17.8. The predicted octanol–water partition coefficient (Wildman–Crippen LogP) is 5.66. The third-order valence-electron chi connectivity index (χ3n) is 9.90. The number of ether oxygens (including phenoxy) is 1. The van der Waals surface area contributed by atoms with Gasteiger partial charge in [0.2, 0.25) is 20.0 Å². The maximum atomic E-state index is 14.3. The molecule has 1 fully saturated rings. The molecular formula is C40H40ClN5O6S2. The van der Waals surface area contributed by atoms with Crippen molar-refractivity contribution in [2.24, 2.45) is 10.3 Å². The number of rotatable bonds is 12. The van der Waals surface area contributed by atoms with Crippen molar-refractivity contribution < 1.29 is 26.4 Å². The molecule has 5 aromatic carbocycles. The Bertz CT molecular complexity index is 2410. The standard InChI is InChI=1S/C40H40ClN5O6S2/c41-31-14-10-27(11-15-31)34-9-5-4-6-30(34)25-45-21-22-46-32(26-45)16-12-28-24-29(13-18-36(28)46)39(47)38-37(53(42,48)49)19-17-35(40(38)54(43,50)51)44-20-23-52-33-7-2-1-3-8-33/h1-11,13-15,17-19,24,32,44H,12,16,20-23,25-26H2,(H2,42,48,49)(H2,43,50,51). The summed E-state index contributed by atoms with van der Waals surface area (Å²) in [5, 5.41) is 14.8. The minimum Gasteiger partial charge on any atom is -0.492 e. The van der Waals surface area contributed by atoms with Crippen LogP contribution in [0.5, 0.6) is 5.75 Å². The van der Waals surface area contributed by atoms with Gasteiger partial charge in [-0.1, -0.05) is 66.2 Å². The molecule has 54 heavy (non-hydrogen) atoms. The highest BCUT2D eigenvalue weighted by Crippen LogP contribution is 2.37. The van der Waals surface area contributed by atoms with Crippen LogP contribution in [0.15, 0.2) is 119 Å². The summed E-state index contributed by atoms with van der Waals surface area (Å²) in [6.07, 6.45) is 1.52. The molecule has 2 aliphatic rings. The van der Waals surface area contributed by atoms with Crippen molar-refractivity contribution in [3.05, 3.63) is 136 Å². The van der Waals surface area contributed by atoms with Crippen molar-refractivity contribution in [1.82, 2.24) is 4.90 Å². The van der Waals surface area contributed by atoms with Crippen LogP contribution < -0.4 is 25.2 Å². The minimum absolute atomic E-state index is 0.0422. The highest BCUT2D eigenvalue weighted by atomic mass is 35.5. The number of benzene rings is 5. The monoisotopic (exact) mass is 785 g/mol. The molecule has 0 amide bonds. The number of hydrogen-bond acceptors (Lipinski definition) is 9. The number of nitrogens with one attached hydrogen (secondary N) is 1. The fourth-order valence-corrected chi connectivity index (χ4v) is 9.30. The summed E-state index contributed by atoms with van der Waals surface area (Å²) in [6, 6.07) is 33.1. The lowest BCUT2D eigenvalue weighted by Gasteiger charge is -2.46. The van der Waals surface area contributed by atoms with Gasteiger partial charge in [-0.3, -0.25) is 9.69 Å². The molecule has 280 valence electrons. The largest absolute Gasteiger partial charge is 0.492 e. The second-order valence-electron chi connectivity index (χ2n) is 13.5. The highest BCUT2D eigenvalue weighted by Gasteiger charge is 2.34. The van der Waals surface area contributed by atoms with E-state index in [-0.39, 0.29) is 30.4 Å². The number of nitrogens with two attached hydrogens (primary N) is 2. The number of ketones is 1. The Labute approximate surface area is 320 Å². The number of nitrogens with zero attached hydrogens (tertiary/aromatic N) is 2. The second kappa shape index (κ2) is 15.5. The lowest BCUT2D eigenvalue weighted by molar-refractivity contribution is 0.103. The van der Waals surface area contributed by atoms with Gasteiger partial charge in [0.25, 0.3) is 0 Å². The van der Waals surface area contributed by atoms with Crippen molar-refractivity contribution >= 4 is 48.8 Å². The van der Waals surface area contributed by atoms with Crippen LogP contribution in [0.4, 0.5) is 11.4 Å². The Hall–Kier alpha value is -4.76. The molecule has 0 saturated carbocycles. The van der Waals surface area contributed by atoms with Crippen LogP contribution in [0, 0.1) is 0 Å². The molecule has 0 spiro atoms. The zero-order valence-electron chi connectivity index (χ0n) is 29.3. The molecule has 1 unspecified atom stereocenters. The maximum Gasteiger partial charge on any atom is 0.240 e. The van der Waals surface area contributed by atoms with E-state index in [4.69, 9.17) is 26.6 Å². The number of primary sulfonamides is 2. The molecule has 0 aliphatic carbocycles. The van der Waals surface area contributed by atoms with Crippen LogP contribution in [0.1, 0.15) is 33.5 Å². The molecule has 7 rings (SSSR count). The molecule has 1 saturated heterocycles. The van der Waals surface area contributed by atoms with E-state index in [9.17, 15) is 21.6 Å². The van der Waals surface area contributed by atoms with Gasteiger partial charge < -0.3 is 15.0 Å². The molecule has 5 N–H and O–H groups in total. The second-order valence-corrected chi connectivity index (χ2v) is 16.9. The van der Waals surface area contributed by atoms with Gasteiger partial charge >= 0.3 is 0 Å². The summed E-state index contributed by atoms with van der Waals surface area (Å²) in [7, 11) is -9.17. The molecule has 11 nitrogen and oxygen atoms in total. The summed E-state index contributed by atoms with van der Waals surface area (Å²) in [6.45, 7) is 3.54. The van der Waals surface area contributed by atoms with Crippen molar-refractivity contribution in [2.75, 3.05) is 43.0 Å². The Morgan fingerprint density at radius 2 is 1.59 bits per heavy atom. The predicted molar refractivity (Wildman–Crippen MR) is 211 cm³/mol. The number of anilines is 2. The van der Waals surface area contributed by atoms with Gasteiger partial charge in [0.15, 0.2) is 5.78 Å². The van der Waals surface area contributed by atoms with Crippen molar-refractivity contribution in [2.45, 2.75) is 35.2 Å². The first kappa shape index (κ1) is 37.6. The molecule has 0 bridgehead atoms. The first-order valence-corrected chi connectivity index (χ1v) is 21.0. The van der Waals surface area contributed by atoms with Gasteiger partial charge in [-0.05, 0) is 89.7 Å². The molecule has 1 atom stereocenters. The van der Waals surface area contributed by atoms with E-state index in [0.29, 0.717) is 17.2 Å². The zero-order valence-corrected chi connectivity index (χ0v) is 31.7. The highest BCUT2D eigenvalue weighted by molar-refractivity contribution is 7.90. The lowest BCUT2D eigenvalue weighted by Crippen LogP contribution is -2.54. The number of piperazine rings is 1. The van der Waals surface area contributed by atoms with Crippen LogP contribution >= 0.6 is 11.6 Å². The maximum absolute atomic E-state index is 14.3. The van der Waals surface area contributed by atoms with Crippen molar-refractivity contribution in [3.8, 4) is 16.9 Å². The summed E-state index contributed by atoms with van der Waals surface area (Å²) in [5.41, 5.74) is 4.94. The van der Waals surface area contributed by atoms with Crippen LogP contribution in [0.3, 0.4) is 0 Å². The average Bonchev–Trinajstić information content (AvgIpc) is 3.15. The van der Waals surface area contributed by atoms with Crippen LogP contribution in [-0.2, 0) is 33.0 Å². The van der Waals surface area contributed by atoms with E-state index in [0.717, 1.165) is 55.5 Å². The number of carbonyl (C=O) groups is 1. The first-order chi connectivity index (χ1) is 25.9. The molecule has 2 heterocycles. The van der Waals surface area contributed by atoms with E-state index >= 15 is 0 Å². The van der Waals surface area contributed by atoms with Gasteiger partial charge in [-0.15, -0.1) is 0 Å². The number of fused-ring (bicyclic) bond motifs is 3. The zero-order chi connectivity index (χ0) is 38.0. The molecule has 0 aromatic heterocycles. The van der Waals surface area contributed by atoms with Gasteiger partial charge in [-0.25, -0.2) is 27.1 Å². The summed E-state index contributed by atoms with van der Waals surface area (Å²) in [5.74, 6) is -0.204. The Morgan fingerprint density at radius 3 is 2.33 bits per heavy atom. The van der Waals surface area contributed by atoms with Gasteiger partial charge in [-0.2, -0.15) is 0 Å². The van der Waals surface area contributed by atoms with Gasteiger partial charge in [0, 0.05) is 55.0 Å². The molecular weight excluding hydrogens is 746 g/mol. The Kier molecular flexibility index (Phi) is 10.8. The molecule has 5 aromatic rings. The smallest absolute Gasteiger partial charge is 0.240 e. The van der Waals surface area contributed by atoms with E-state index in [1.165, 1.54) is 17.2 Å². The van der Waals surface area contributed by atoms with Gasteiger partial charge in [0.05, 0.1) is 16.1 Å². The van der Waals surface area contributed by atoms with Crippen LogP contribution in [-0.4, -0.2) is 66.3 Å². The normalized spacial score (nSPS) is 16.0. The fourth-order valence-electron chi connectivity index (χ4n) is 7.43. The van der Waals surface area contributed by atoms with Crippen molar-refractivity contribution in [3.63, 3.8) is 0 Å². The topological polar surface area (TPSA) is 165 Å². The third kappa shape index (κ3) is 8.16. The fraction of sp³-hybridized carbons (Fsp3) is 0.225. The lowest BCUT2D eigenvalue weighted by atomic mass is 9.90. The number of sulfonamides is 2. The van der Waals surface area contributed by atoms with E-state index in [1.54, 1.807) is 24.3 Å². The molecule has 2 aliphatic heterocycles. The first-order valence-electron chi connectivity index (χ1n) is 17.5. The number of carbonyl (C=O) groups excluding carboxylic acids is 1. The number of halogens is 1. The Morgan fingerprint density at radius 1 is 0.852 bits per heavy atom. The number of hydrogen-bond donors (Lipinski definition) is 3. The third-order valence-corrected chi connectivity index (χ3v) is 12.1. The number of aryl methyl sites for hydroxylation is 1. The van der Waals surface area contributed by atoms with E-state index < -0.39 is 41.2 Å². The summed E-state index contributed by atoms with van der Waals surface area (Å²) < 4.78 is 57.4. The SMILES string of the molecule is NS(=O)(=O)c1ccc(NCCOc2ccccc2)c(S(N)(=O)=O)c1C(=O)c1ccc2c(c1)CCC1CN(Cc3ccccc3-c3ccc(Cl)cc3)CCN21. The average molecular weight is 786 g/mol. The molecule has 14 heteroatoms. The van der Waals surface area contributed by atoms with Gasteiger partial charge in [0.1, 0.15) is 17.3 Å². The quantitative estimate of drug-likeness (QED) is 0.107. The van der Waals surface area contributed by atoms with Crippen LogP contribution in [0.25, 0.3) is 11.1 Å².